The maximum atomic E-state index is 13.0. The maximum Gasteiger partial charge on any atom is 0.159 e. The van der Waals surface area contributed by atoms with Gasteiger partial charge in [0, 0.05) is 13.1 Å². The highest BCUT2D eigenvalue weighted by atomic mass is 19.2. The molecular formula is C13H19F2NO. The summed E-state index contributed by atoms with van der Waals surface area (Å²) in [7, 11) is 0. The van der Waals surface area contributed by atoms with E-state index in [0.717, 1.165) is 31.0 Å². The highest BCUT2D eigenvalue weighted by Gasteiger charge is 2.07. The molecule has 0 radical (unpaired) electrons. The second-order valence-electron chi connectivity index (χ2n) is 4.10. The monoisotopic (exact) mass is 243 g/mol. The molecule has 0 aliphatic carbocycles. The van der Waals surface area contributed by atoms with Gasteiger partial charge in [-0.05, 0) is 30.7 Å². The van der Waals surface area contributed by atoms with E-state index in [1.807, 2.05) is 4.90 Å². The van der Waals surface area contributed by atoms with Crippen LogP contribution in [0, 0.1) is 11.6 Å². The van der Waals surface area contributed by atoms with Crippen LogP contribution in [0.5, 0.6) is 0 Å². The number of hydrogen-bond donors (Lipinski definition) is 1. The number of aliphatic hydroxyl groups excluding tert-OH is 1. The SMILES string of the molecule is CCCCN(CCO)Cc1ccc(F)c(F)c1. The smallest absolute Gasteiger partial charge is 0.159 e. The minimum absolute atomic E-state index is 0.0768. The third-order valence-electron chi connectivity index (χ3n) is 2.63. The molecule has 1 N–H and O–H groups in total. The van der Waals surface area contributed by atoms with Crippen molar-refractivity contribution in [2.24, 2.45) is 0 Å². The lowest BCUT2D eigenvalue weighted by molar-refractivity contribution is 0.188. The summed E-state index contributed by atoms with van der Waals surface area (Å²) >= 11 is 0. The van der Waals surface area contributed by atoms with E-state index in [2.05, 4.69) is 6.92 Å². The van der Waals surface area contributed by atoms with Crippen LogP contribution < -0.4 is 0 Å². The Hall–Kier alpha value is -1.00. The van der Waals surface area contributed by atoms with Gasteiger partial charge in [-0.3, -0.25) is 4.90 Å². The molecule has 0 saturated heterocycles. The van der Waals surface area contributed by atoms with E-state index >= 15 is 0 Å². The zero-order valence-corrected chi connectivity index (χ0v) is 10.1. The third-order valence-corrected chi connectivity index (χ3v) is 2.63. The van der Waals surface area contributed by atoms with Gasteiger partial charge in [-0.15, -0.1) is 0 Å². The first kappa shape index (κ1) is 14.1. The molecule has 0 fully saturated rings. The fourth-order valence-electron chi connectivity index (χ4n) is 1.69. The summed E-state index contributed by atoms with van der Waals surface area (Å²) in [5, 5.41) is 8.94. The van der Waals surface area contributed by atoms with E-state index in [9.17, 15) is 8.78 Å². The Morgan fingerprint density at radius 2 is 1.94 bits per heavy atom. The number of rotatable bonds is 7. The van der Waals surface area contributed by atoms with Crippen molar-refractivity contribution < 1.29 is 13.9 Å². The standard InChI is InChI=1S/C13H19F2NO/c1-2-3-6-16(7-8-17)10-11-4-5-12(14)13(15)9-11/h4-5,9,17H,2-3,6-8,10H2,1H3. The number of halogens is 2. The van der Waals surface area contributed by atoms with Crippen molar-refractivity contribution in [2.45, 2.75) is 26.3 Å². The van der Waals surface area contributed by atoms with Gasteiger partial charge in [0.05, 0.1) is 6.61 Å². The fraction of sp³-hybridized carbons (Fsp3) is 0.538. The molecule has 0 unspecified atom stereocenters. The minimum atomic E-state index is -0.823. The predicted octanol–water partition coefficient (Wildman–Crippen LogP) is 2.56. The number of nitrogens with zero attached hydrogens (tertiary/aromatic N) is 1. The van der Waals surface area contributed by atoms with Gasteiger partial charge in [0.2, 0.25) is 0 Å². The normalized spacial score (nSPS) is 11.1. The molecule has 1 rings (SSSR count). The average molecular weight is 243 g/mol. The predicted molar refractivity (Wildman–Crippen MR) is 63.6 cm³/mol. The van der Waals surface area contributed by atoms with Crippen molar-refractivity contribution in [1.82, 2.24) is 4.90 Å². The van der Waals surface area contributed by atoms with Crippen molar-refractivity contribution in [1.29, 1.82) is 0 Å². The van der Waals surface area contributed by atoms with Crippen LogP contribution in [0.25, 0.3) is 0 Å². The maximum absolute atomic E-state index is 13.0. The first-order chi connectivity index (χ1) is 8.17. The molecule has 0 bridgehead atoms. The Morgan fingerprint density at radius 1 is 1.18 bits per heavy atom. The second-order valence-corrected chi connectivity index (χ2v) is 4.10. The molecule has 17 heavy (non-hydrogen) atoms. The molecular weight excluding hydrogens is 224 g/mol. The van der Waals surface area contributed by atoms with E-state index < -0.39 is 11.6 Å². The summed E-state index contributed by atoms with van der Waals surface area (Å²) < 4.78 is 25.8. The number of hydrogen-bond acceptors (Lipinski definition) is 2. The molecule has 0 heterocycles. The highest BCUT2D eigenvalue weighted by Crippen LogP contribution is 2.11. The molecule has 0 atom stereocenters. The van der Waals surface area contributed by atoms with Crippen LogP contribution in [0.15, 0.2) is 18.2 Å². The number of unbranched alkanes of at least 4 members (excludes halogenated alkanes) is 1. The van der Waals surface area contributed by atoms with E-state index in [1.54, 1.807) is 6.07 Å². The summed E-state index contributed by atoms with van der Waals surface area (Å²) in [5.74, 6) is -1.64. The van der Waals surface area contributed by atoms with Crippen molar-refractivity contribution in [3.63, 3.8) is 0 Å². The summed E-state index contributed by atoms with van der Waals surface area (Å²) in [6.45, 7) is 4.12. The Morgan fingerprint density at radius 3 is 2.53 bits per heavy atom. The largest absolute Gasteiger partial charge is 0.395 e. The summed E-state index contributed by atoms with van der Waals surface area (Å²) in [4.78, 5) is 2.04. The van der Waals surface area contributed by atoms with Gasteiger partial charge in [0.1, 0.15) is 0 Å². The number of aliphatic hydroxyl groups is 1. The molecule has 4 heteroatoms. The molecule has 1 aromatic carbocycles. The molecule has 0 spiro atoms. The van der Waals surface area contributed by atoms with E-state index in [0.29, 0.717) is 13.1 Å². The van der Waals surface area contributed by atoms with Gasteiger partial charge in [0.25, 0.3) is 0 Å². The van der Waals surface area contributed by atoms with Crippen LogP contribution in [0.2, 0.25) is 0 Å². The molecule has 1 aromatic rings. The number of benzene rings is 1. The van der Waals surface area contributed by atoms with Gasteiger partial charge < -0.3 is 5.11 Å². The third kappa shape index (κ3) is 4.79. The van der Waals surface area contributed by atoms with E-state index in [1.165, 1.54) is 6.07 Å². The molecule has 0 amide bonds. The Bertz CT molecular complexity index is 344. The first-order valence-electron chi connectivity index (χ1n) is 5.94. The van der Waals surface area contributed by atoms with Crippen molar-refractivity contribution >= 4 is 0 Å². The fourth-order valence-corrected chi connectivity index (χ4v) is 1.69. The van der Waals surface area contributed by atoms with Crippen LogP contribution >= 0.6 is 0 Å². The van der Waals surface area contributed by atoms with Gasteiger partial charge in [-0.25, -0.2) is 8.78 Å². The van der Waals surface area contributed by atoms with Crippen molar-refractivity contribution in [3.8, 4) is 0 Å². The first-order valence-corrected chi connectivity index (χ1v) is 5.94. The van der Waals surface area contributed by atoms with Crippen molar-refractivity contribution in [2.75, 3.05) is 19.7 Å². The lowest BCUT2D eigenvalue weighted by Crippen LogP contribution is -2.27. The lowest BCUT2D eigenvalue weighted by atomic mass is 10.2. The zero-order chi connectivity index (χ0) is 12.7. The zero-order valence-electron chi connectivity index (χ0n) is 10.1. The molecule has 0 aliphatic rings. The molecule has 2 nitrogen and oxygen atoms in total. The molecule has 0 saturated carbocycles. The second kappa shape index (κ2) is 7.35. The Kier molecular flexibility index (Phi) is 6.08. The minimum Gasteiger partial charge on any atom is -0.395 e. The van der Waals surface area contributed by atoms with Crippen LogP contribution in [0.1, 0.15) is 25.3 Å². The van der Waals surface area contributed by atoms with Crippen LogP contribution in [-0.4, -0.2) is 29.7 Å². The van der Waals surface area contributed by atoms with Crippen LogP contribution in [0.4, 0.5) is 8.78 Å². The molecule has 96 valence electrons. The van der Waals surface area contributed by atoms with E-state index in [4.69, 9.17) is 5.11 Å². The molecule has 0 aliphatic heterocycles. The Balaban J connectivity index is 2.61. The van der Waals surface area contributed by atoms with Gasteiger partial charge >= 0.3 is 0 Å². The van der Waals surface area contributed by atoms with E-state index in [-0.39, 0.29) is 6.61 Å². The van der Waals surface area contributed by atoms with Gasteiger partial charge in [0.15, 0.2) is 11.6 Å². The van der Waals surface area contributed by atoms with Gasteiger partial charge in [-0.2, -0.15) is 0 Å². The van der Waals surface area contributed by atoms with Gasteiger partial charge in [-0.1, -0.05) is 19.4 Å². The highest BCUT2D eigenvalue weighted by molar-refractivity contribution is 5.17. The van der Waals surface area contributed by atoms with Crippen molar-refractivity contribution in [3.05, 3.63) is 35.4 Å². The summed E-state index contributed by atoms with van der Waals surface area (Å²) in [5.41, 5.74) is 0.730. The summed E-state index contributed by atoms with van der Waals surface area (Å²) in [6, 6.07) is 3.93. The lowest BCUT2D eigenvalue weighted by Gasteiger charge is -2.21. The average Bonchev–Trinajstić information content (AvgIpc) is 2.31. The van der Waals surface area contributed by atoms with Crippen LogP contribution in [0.3, 0.4) is 0 Å². The topological polar surface area (TPSA) is 23.5 Å². The summed E-state index contributed by atoms with van der Waals surface area (Å²) in [6.07, 6.45) is 2.10. The quantitative estimate of drug-likeness (QED) is 0.795. The molecule has 0 aromatic heterocycles. The Labute approximate surface area is 101 Å². The van der Waals surface area contributed by atoms with Crippen LogP contribution in [-0.2, 0) is 6.54 Å².